The molecule has 0 radical (unpaired) electrons. The highest BCUT2D eigenvalue weighted by atomic mass is 32.1. The Bertz CT molecular complexity index is 332. The van der Waals surface area contributed by atoms with E-state index in [1.54, 1.807) is 11.3 Å². The largest absolute Gasteiger partial charge is 0.396 e. The molecule has 0 spiro atoms. The molecule has 2 heterocycles. The Morgan fingerprint density at radius 1 is 1.41 bits per heavy atom. The molecule has 0 atom stereocenters. The lowest BCUT2D eigenvalue weighted by Crippen LogP contribution is -2.29. The van der Waals surface area contributed by atoms with Crippen LogP contribution in [0.5, 0.6) is 0 Å². The predicted molar refractivity (Wildman–Crippen MR) is 71.6 cm³/mol. The average Bonchev–Trinajstić information content (AvgIpc) is 2.79. The molecule has 0 amide bonds. The zero-order valence-corrected chi connectivity index (χ0v) is 11.4. The lowest BCUT2D eigenvalue weighted by molar-refractivity contribution is 0.253. The van der Waals surface area contributed by atoms with Crippen LogP contribution < -0.4 is 0 Å². The summed E-state index contributed by atoms with van der Waals surface area (Å²) in [5, 5.41) is 12.2. The number of aryl methyl sites for hydroxylation is 1. The summed E-state index contributed by atoms with van der Waals surface area (Å²) < 4.78 is 0. The van der Waals surface area contributed by atoms with Crippen LogP contribution in [0.4, 0.5) is 0 Å². The van der Waals surface area contributed by atoms with E-state index in [0.717, 1.165) is 19.3 Å². The van der Waals surface area contributed by atoms with Crippen molar-refractivity contribution in [2.24, 2.45) is 0 Å². The summed E-state index contributed by atoms with van der Waals surface area (Å²) in [4.78, 5) is 7.14. The molecule has 0 aromatic carbocycles. The molecule has 3 nitrogen and oxygen atoms in total. The number of hydrogen-bond acceptors (Lipinski definition) is 4. The highest BCUT2D eigenvalue weighted by molar-refractivity contribution is 7.09. The second-order valence-corrected chi connectivity index (χ2v) is 5.87. The quantitative estimate of drug-likeness (QED) is 0.819. The Kier molecular flexibility index (Phi) is 4.95. The Balaban J connectivity index is 1.85. The SMILES string of the molecule is CN1CCC(c2csc(CCCCO)n2)CC1. The molecule has 1 aliphatic rings. The van der Waals surface area contributed by atoms with Crippen molar-refractivity contribution in [3.05, 3.63) is 16.1 Å². The summed E-state index contributed by atoms with van der Waals surface area (Å²) in [6.07, 6.45) is 5.46. The Morgan fingerprint density at radius 3 is 2.88 bits per heavy atom. The normalized spacial score (nSPS) is 18.7. The lowest BCUT2D eigenvalue weighted by atomic mass is 9.95. The summed E-state index contributed by atoms with van der Waals surface area (Å²) in [5.74, 6) is 0.675. The van der Waals surface area contributed by atoms with Crippen molar-refractivity contribution in [2.45, 2.75) is 38.0 Å². The van der Waals surface area contributed by atoms with Crippen LogP contribution in [-0.2, 0) is 6.42 Å². The van der Waals surface area contributed by atoms with Gasteiger partial charge in [0.1, 0.15) is 0 Å². The molecule has 0 bridgehead atoms. The van der Waals surface area contributed by atoms with Crippen LogP contribution in [0.25, 0.3) is 0 Å². The Morgan fingerprint density at radius 2 is 2.18 bits per heavy atom. The van der Waals surface area contributed by atoms with Crippen LogP contribution in [0.15, 0.2) is 5.38 Å². The minimum atomic E-state index is 0.299. The maximum absolute atomic E-state index is 8.76. The maximum atomic E-state index is 8.76. The van der Waals surface area contributed by atoms with Crippen LogP contribution in [-0.4, -0.2) is 41.7 Å². The van der Waals surface area contributed by atoms with Crippen LogP contribution in [0.1, 0.15) is 42.3 Å². The predicted octanol–water partition coefficient (Wildman–Crippen LogP) is 2.27. The van der Waals surface area contributed by atoms with Gasteiger partial charge in [0.2, 0.25) is 0 Å². The second-order valence-electron chi connectivity index (χ2n) is 4.92. The Hall–Kier alpha value is -0.450. The van der Waals surface area contributed by atoms with Gasteiger partial charge in [-0.2, -0.15) is 0 Å². The molecule has 0 aliphatic carbocycles. The fourth-order valence-corrected chi connectivity index (χ4v) is 3.24. The van der Waals surface area contributed by atoms with Gasteiger partial charge >= 0.3 is 0 Å². The summed E-state index contributed by atoms with van der Waals surface area (Å²) in [6, 6.07) is 0. The van der Waals surface area contributed by atoms with Crippen molar-refractivity contribution in [2.75, 3.05) is 26.7 Å². The maximum Gasteiger partial charge on any atom is 0.0928 e. The van der Waals surface area contributed by atoms with Gasteiger partial charge in [-0.15, -0.1) is 11.3 Å². The van der Waals surface area contributed by atoms with Gasteiger partial charge in [0.15, 0.2) is 0 Å². The number of unbranched alkanes of at least 4 members (excludes halogenated alkanes) is 1. The third-order valence-corrected chi connectivity index (χ3v) is 4.43. The van der Waals surface area contributed by atoms with Crippen LogP contribution >= 0.6 is 11.3 Å². The first-order valence-electron chi connectivity index (χ1n) is 6.53. The van der Waals surface area contributed by atoms with Crippen molar-refractivity contribution in [3.8, 4) is 0 Å². The number of aliphatic hydroxyl groups excluding tert-OH is 1. The molecule has 1 N–H and O–H groups in total. The topological polar surface area (TPSA) is 36.4 Å². The number of piperidine rings is 1. The third kappa shape index (κ3) is 3.76. The van der Waals surface area contributed by atoms with Gasteiger partial charge in [0.05, 0.1) is 10.7 Å². The molecule has 17 heavy (non-hydrogen) atoms. The number of likely N-dealkylation sites (tertiary alicyclic amines) is 1. The van der Waals surface area contributed by atoms with Gasteiger partial charge in [-0.3, -0.25) is 0 Å². The molecule has 1 saturated heterocycles. The van der Waals surface area contributed by atoms with Crippen LogP contribution in [0, 0.1) is 0 Å². The molecule has 2 rings (SSSR count). The van der Waals surface area contributed by atoms with E-state index in [1.807, 2.05) is 0 Å². The molecule has 1 aliphatic heterocycles. The molecule has 1 aromatic heterocycles. The van der Waals surface area contributed by atoms with Crippen molar-refractivity contribution in [1.82, 2.24) is 9.88 Å². The minimum absolute atomic E-state index is 0.299. The summed E-state index contributed by atoms with van der Waals surface area (Å²) in [6.45, 7) is 2.69. The molecule has 0 unspecified atom stereocenters. The number of aliphatic hydroxyl groups is 1. The molecule has 0 saturated carbocycles. The molecule has 96 valence electrons. The minimum Gasteiger partial charge on any atom is -0.396 e. The van der Waals surface area contributed by atoms with E-state index in [9.17, 15) is 0 Å². The van der Waals surface area contributed by atoms with Gasteiger partial charge in [-0.05, 0) is 52.2 Å². The zero-order chi connectivity index (χ0) is 12.1. The molecule has 1 aromatic rings. The lowest BCUT2D eigenvalue weighted by Gasteiger charge is -2.27. The van der Waals surface area contributed by atoms with Gasteiger partial charge in [0, 0.05) is 17.9 Å². The number of hydrogen-bond donors (Lipinski definition) is 1. The molecular formula is C13H22N2OS. The van der Waals surface area contributed by atoms with Crippen LogP contribution in [0.2, 0.25) is 0 Å². The summed E-state index contributed by atoms with van der Waals surface area (Å²) >= 11 is 1.79. The van der Waals surface area contributed by atoms with Crippen LogP contribution in [0.3, 0.4) is 0 Å². The first-order chi connectivity index (χ1) is 8.29. The van der Waals surface area contributed by atoms with Crippen molar-refractivity contribution in [3.63, 3.8) is 0 Å². The number of rotatable bonds is 5. The van der Waals surface area contributed by atoms with Gasteiger partial charge in [0.25, 0.3) is 0 Å². The van der Waals surface area contributed by atoms with Gasteiger partial charge < -0.3 is 10.0 Å². The zero-order valence-electron chi connectivity index (χ0n) is 10.6. The fraction of sp³-hybridized carbons (Fsp3) is 0.769. The summed E-state index contributed by atoms with van der Waals surface area (Å²) in [7, 11) is 2.19. The molecule has 1 fully saturated rings. The van der Waals surface area contributed by atoms with E-state index in [-0.39, 0.29) is 0 Å². The fourth-order valence-electron chi connectivity index (χ4n) is 2.32. The number of aromatic nitrogens is 1. The third-order valence-electron chi connectivity index (χ3n) is 3.51. The van der Waals surface area contributed by atoms with Crippen molar-refractivity contribution < 1.29 is 5.11 Å². The standard InChI is InChI=1S/C13H22N2OS/c1-15-7-5-11(6-8-15)12-10-17-13(14-12)4-2-3-9-16/h10-11,16H,2-9H2,1H3. The summed E-state index contributed by atoms with van der Waals surface area (Å²) in [5.41, 5.74) is 1.31. The van der Waals surface area contributed by atoms with E-state index in [2.05, 4.69) is 17.3 Å². The van der Waals surface area contributed by atoms with E-state index in [0.29, 0.717) is 12.5 Å². The van der Waals surface area contributed by atoms with Crippen molar-refractivity contribution >= 4 is 11.3 Å². The smallest absolute Gasteiger partial charge is 0.0928 e. The van der Waals surface area contributed by atoms with Gasteiger partial charge in [-0.1, -0.05) is 0 Å². The van der Waals surface area contributed by atoms with Gasteiger partial charge in [-0.25, -0.2) is 4.98 Å². The number of nitrogens with zero attached hydrogens (tertiary/aromatic N) is 2. The monoisotopic (exact) mass is 254 g/mol. The first-order valence-corrected chi connectivity index (χ1v) is 7.41. The second kappa shape index (κ2) is 6.47. The van der Waals surface area contributed by atoms with E-state index in [4.69, 9.17) is 10.1 Å². The highest BCUT2D eigenvalue weighted by Crippen LogP contribution is 2.28. The van der Waals surface area contributed by atoms with Crippen molar-refractivity contribution in [1.29, 1.82) is 0 Å². The average molecular weight is 254 g/mol. The van der Waals surface area contributed by atoms with E-state index >= 15 is 0 Å². The first kappa shape index (κ1) is 13.0. The molecular weight excluding hydrogens is 232 g/mol. The Labute approximate surface area is 107 Å². The molecule has 4 heteroatoms. The highest BCUT2D eigenvalue weighted by Gasteiger charge is 2.20. The van der Waals surface area contributed by atoms with E-state index < -0.39 is 0 Å². The van der Waals surface area contributed by atoms with E-state index in [1.165, 1.54) is 36.6 Å². The number of thiazole rings is 1.